The number of pyridine rings is 1. The number of nitrogens with one attached hydrogen (secondary N) is 1. The van der Waals surface area contributed by atoms with Crippen LogP contribution in [0.1, 0.15) is 17.5 Å². The van der Waals surface area contributed by atoms with E-state index in [2.05, 4.69) is 10.3 Å². The highest BCUT2D eigenvalue weighted by atomic mass is 16.6. The van der Waals surface area contributed by atoms with E-state index in [9.17, 15) is 14.9 Å². The van der Waals surface area contributed by atoms with Gasteiger partial charge in [0.05, 0.1) is 4.92 Å². The molecule has 2 aromatic rings. The summed E-state index contributed by atoms with van der Waals surface area (Å²) in [4.78, 5) is 28.7. The monoisotopic (exact) mass is 326 g/mol. The Bertz CT molecular complexity index is 789. The summed E-state index contributed by atoms with van der Waals surface area (Å²) in [6, 6.07) is 9.04. The Morgan fingerprint density at radius 3 is 2.62 bits per heavy atom. The number of nitrogens with zero attached hydrogens (tertiary/aromatic N) is 3. The lowest BCUT2D eigenvalue weighted by atomic mass is 10.2. The minimum absolute atomic E-state index is 0.0170. The fourth-order valence-corrected chi connectivity index (χ4v) is 2.79. The number of hydrogen-bond donors (Lipinski definition) is 1. The van der Waals surface area contributed by atoms with Gasteiger partial charge >= 0.3 is 0 Å². The molecular formula is C17H18N4O3. The molecule has 1 unspecified atom stereocenters. The highest BCUT2D eigenvalue weighted by molar-refractivity contribution is 6.00. The van der Waals surface area contributed by atoms with Gasteiger partial charge in [-0.15, -0.1) is 0 Å². The van der Waals surface area contributed by atoms with Crippen molar-refractivity contribution in [2.24, 2.45) is 0 Å². The number of amides is 1. The number of carbonyl (C=O) groups excluding carboxylic acids is 1. The number of rotatable bonds is 4. The number of nitro groups is 1. The fourth-order valence-electron chi connectivity index (χ4n) is 2.79. The van der Waals surface area contributed by atoms with E-state index in [1.807, 2.05) is 31.2 Å². The summed E-state index contributed by atoms with van der Waals surface area (Å²) in [5.41, 5.74) is 2.51. The van der Waals surface area contributed by atoms with Crippen LogP contribution in [-0.4, -0.2) is 28.4 Å². The average molecular weight is 326 g/mol. The zero-order valence-corrected chi connectivity index (χ0v) is 13.5. The van der Waals surface area contributed by atoms with Gasteiger partial charge in [-0.1, -0.05) is 17.7 Å². The Labute approximate surface area is 139 Å². The zero-order chi connectivity index (χ0) is 17.3. The van der Waals surface area contributed by atoms with Gasteiger partial charge in [0.15, 0.2) is 0 Å². The lowest BCUT2D eigenvalue weighted by Crippen LogP contribution is -2.33. The molecule has 0 saturated carbocycles. The molecule has 2 heterocycles. The van der Waals surface area contributed by atoms with Gasteiger partial charge in [-0.3, -0.25) is 14.9 Å². The molecule has 1 aliphatic rings. The van der Waals surface area contributed by atoms with Crippen LogP contribution in [0.5, 0.6) is 0 Å². The van der Waals surface area contributed by atoms with Gasteiger partial charge in [0, 0.05) is 17.8 Å². The SMILES string of the molecule is Cc1ccc(N2CCC(Nc3cc(C)c([N+](=O)[O-])cn3)C2=O)cc1. The Kier molecular flexibility index (Phi) is 4.16. The standard InChI is InChI=1S/C17H18N4O3/c1-11-3-5-13(6-4-11)20-8-7-14(17(20)22)19-16-9-12(2)15(10-18-16)21(23)24/h3-6,9-10,14H,7-8H2,1-2H3,(H,18,19). The summed E-state index contributed by atoms with van der Waals surface area (Å²) < 4.78 is 0. The second kappa shape index (κ2) is 6.27. The Hall–Kier alpha value is -2.96. The molecule has 0 spiro atoms. The third-order valence-electron chi connectivity index (χ3n) is 4.15. The second-order valence-corrected chi connectivity index (χ2v) is 5.92. The molecule has 0 aliphatic carbocycles. The normalized spacial score (nSPS) is 17.2. The predicted octanol–water partition coefficient (Wildman–Crippen LogP) is 2.82. The smallest absolute Gasteiger partial charge is 0.290 e. The number of hydrogen-bond acceptors (Lipinski definition) is 5. The van der Waals surface area contributed by atoms with Crippen molar-refractivity contribution in [1.29, 1.82) is 0 Å². The van der Waals surface area contributed by atoms with Crippen LogP contribution in [0.4, 0.5) is 17.2 Å². The molecule has 1 amide bonds. The maximum absolute atomic E-state index is 12.6. The molecule has 124 valence electrons. The van der Waals surface area contributed by atoms with Gasteiger partial charge in [-0.2, -0.15) is 0 Å². The third-order valence-corrected chi connectivity index (χ3v) is 4.15. The Balaban J connectivity index is 1.73. The molecule has 0 bridgehead atoms. The van der Waals surface area contributed by atoms with Gasteiger partial charge in [0.2, 0.25) is 5.91 Å². The fraction of sp³-hybridized carbons (Fsp3) is 0.294. The van der Waals surface area contributed by atoms with Gasteiger partial charge < -0.3 is 10.2 Å². The van der Waals surface area contributed by atoms with Crippen LogP contribution in [0.2, 0.25) is 0 Å². The summed E-state index contributed by atoms with van der Waals surface area (Å²) >= 11 is 0. The van der Waals surface area contributed by atoms with E-state index in [0.29, 0.717) is 24.3 Å². The predicted molar refractivity (Wildman–Crippen MR) is 91.2 cm³/mol. The highest BCUT2D eigenvalue weighted by Gasteiger charge is 2.32. The van der Waals surface area contributed by atoms with E-state index in [1.165, 1.54) is 6.20 Å². The third kappa shape index (κ3) is 3.05. The first-order valence-electron chi connectivity index (χ1n) is 7.71. The van der Waals surface area contributed by atoms with Crippen LogP contribution in [0.3, 0.4) is 0 Å². The Morgan fingerprint density at radius 2 is 2.00 bits per heavy atom. The minimum atomic E-state index is -0.466. The number of anilines is 2. The first kappa shape index (κ1) is 15.9. The van der Waals surface area contributed by atoms with E-state index in [-0.39, 0.29) is 17.6 Å². The van der Waals surface area contributed by atoms with E-state index < -0.39 is 4.92 Å². The van der Waals surface area contributed by atoms with Crippen LogP contribution in [0.25, 0.3) is 0 Å². The number of carbonyl (C=O) groups is 1. The number of aryl methyl sites for hydroxylation is 2. The average Bonchev–Trinajstić information content (AvgIpc) is 2.89. The summed E-state index contributed by atoms with van der Waals surface area (Å²) in [5, 5.41) is 13.9. The number of benzene rings is 1. The van der Waals surface area contributed by atoms with Crippen molar-refractivity contribution in [3.63, 3.8) is 0 Å². The van der Waals surface area contributed by atoms with Crippen molar-refractivity contribution >= 4 is 23.1 Å². The summed E-state index contributed by atoms with van der Waals surface area (Å²) in [5.74, 6) is 0.457. The summed E-state index contributed by atoms with van der Waals surface area (Å²) in [6.45, 7) is 4.29. The largest absolute Gasteiger partial charge is 0.358 e. The molecule has 1 saturated heterocycles. The molecule has 1 aromatic carbocycles. The molecule has 1 aromatic heterocycles. The molecular weight excluding hydrogens is 308 g/mol. The van der Waals surface area contributed by atoms with Gasteiger partial charge in [0.1, 0.15) is 18.1 Å². The Morgan fingerprint density at radius 1 is 1.29 bits per heavy atom. The van der Waals surface area contributed by atoms with E-state index in [0.717, 1.165) is 11.3 Å². The lowest BCUT2D eigenvalue weighted by molar-refractivity contribution is -0.385. The summed E-state index contributed by atoms with van der Waals surface area (Å²) in [7, 11) is 0. The maximum atomic E-state index is 12.6. The first-order chi connectivity index (χ1) is 11.5. The van der Waals surface area contributed by atoms with Crippen molar-refractivity contribution in [3.05, 3.63) is 57.8 Å². The summed E-state index contributed by atoms with van der Waals surface area (Å²) in [6.07, 6.45) is 1.87. The molecule has 1 aliphatic heterocycles. The second-order valence-electron chi connectivity index (χ2n) is 5.92. The first-order valence-corrected chi connectivity index (χ1v) is 7.71. The van der Waals surface area contributed by atoms with Crippen LogP contribution < -0.4 is 10.2 Å². The molecule has 1 fully saturated rings. The lowest BCUT2D eigenvalue weighted by Gasteiger charge is -2.17. The van der Waals surface area contributed by atoms with Crippen LogP contribution in [0, 0.1) is 24.0 Å². The molecule has 1 atom stereocenters. The van der Waals surface area contributed by atoms with Crippen molar-refractivity contribution in [2.45, 2.75) is 26.3 Å². The highest BCUT2D eigenvalue weighted by Crippen LogP contribution is 2.25. The molecule has 3 rings (SSSR count). The molecule has 1 N–H and O–H groups in total. The van der Waals surface area contributed by atoms with Crippen LogP contribution >= 0.6 is 0 Å². The van der Waals surface area contributed by atoms with Crippen molar-refractivity contribution in [1.82, 2.24) is 4.98 Å². The van der Waals surface area contributed by atoms with E-state index in [4.69, 9.17) is 0 Å². The molecule has 7 nitrogen and oxygen atoms in total. The van der Waals surface area contributed by atoms with Gasteiger partial charge in [-0.25, -0.2) is 4.98 Å². The minimum Gasteiger partial charge on any atom is -0.358 e. The van der Waals surface area contributed by atoms with E-state index >= 15 is 0 Å². The van der Waals surface area contributed by atoms with Crippen molar-refractivity contribution < 1.29 is 9.72 Å². The van der Waals surface area contributed by atoms with Crippen LogP contribution in [0.15, 0.2) is 36.5 Å². The van der Waals surface area contributed by atoms with Crippen molar-refractivity contribution in [2.75, 3.05) is 16.8 Å². The van der Waals surface area contributed by atoms with E-state index in [1.54, 1.807) is 17.9 Å². The van der Waals surface area contributed by atoms with Crippen molar-refractivity contribution in [3.8, 4) is 0 Å². The van der Waals surface area contributed by atoms with Crippen LogP contribution in [-0.2, 0) is 4.79 Å². The topological polar surface area (TPSA) is 88.4 Å². The maximum Gasteiger partial charge on any atom is 0.290 e. The molecule has 24 heavy (non-hydrogen) atoms. The van der Waals surface area contributed by atoms with Gasteiger partial charge in [0.25, 0.3) is 5.69 Å². The zero-order valence-electron chi connectivity index (χ0n) is 13.5. The number of aromatic nitrogens is 1. The molecule has 0 radical (unpaired) electrons. The van der Waals surface area contributed by atoms with Gasteiger partial charge in [-0.05, 0) is 38.5 Å². The molecule has 7 heteroatoms. The quantitative estimate of drug-likeness (QED) is 0.689.